The van der Waals surface area contributed by atoms with Crippen molar-refractivity contribution in [1.82, 2.24) is 5.32 Å². The van der Waals surface area contributed by atoms with Crippen molar-refractivity contribution in [3.63, 3.8) is 0 Å². The van der Waals surface area contributed by atoms with Crippen LogP contribution >= 0.6 is 0 Å². The molecule has 1 saturated carbocycles. The third kappa shape index (κ3) is 2.47. The van der Waals surface area contributed by atoms with E-state index in [0.717, 1.165) is 12.3 Å². The first kappa shape index (κ1) is 11.5. The zero-order valence-electron chi connectivity index (χ0n) is 9.42. The fourth-order valence-corrected chi connectivity index (χ4v) is 2.04. The van der Waals surface area contributed by atoms with Crippen molar-refractivity contribution < 1.29 is 4.79 Å². The van der Waals surface area contributed by atoms with Gasteiger partial charge in [0.2, 0.25) is 5.91 Å². The van der Waals surface area contributed by atoms with Gasteiger partial charge in [0.1, 0.15) is 0 Å². The number of hydrogen-bond donors (Lipinski definition) is 2. The first-order valence-electron chi connectivity index (χ1n) is 5.62. The highest BCUT2D eigenvalue weighted by molar-refractivity contribution is 5.81. The summed E-state index contributed by atoms with van der Waals surface area (Å²) in [5.41, 5.74) is 5.66. The summed E-state index contributed by atoms with van der Waals surface area (Å²) in [6.45, 7) is 6.39. The van der Waals surface area contributed by atoms with Crippen LogP contribution in [-0.4, -0.2) is 18.0 Å². The van der Waals surface area contributed by atoms with Crippen molar-refractivity contribution >= 4 is 5.91 Å². The van der Waals surface area contributed by atoms with E-state index in [0.29, 0.717) is 18.4 Å². The van der Waals surface area contributed by atoms with Crippen LogP contribution in [0.25, 0.3) is 0 Å². The van der Waals surface area contributed by atoms with Crippen molar-refractivity contribution in [2.24, 2.45) is 17.6 Å². The largest absolute Gasteiger partial charge is 0.352 e. The number of carbonyl (C=O) groups is 1. The number of amides is 1. The fourth-order valence-electron chi connectivity index (χ4n) is 2.04. The summed E-state index contributed by atoms with van der Waals surface area (Å²) in [6, 6.07) is 0.00760. The van der Waals surface area contributed by atoms with Crippen molar-refractivity contribution in [1.29, 1.82) is 0 Å². The van der Waals surface area contributed by atoms with Gasteiger partial charge in [-0.3, -0.25) is 4.79 Å². The van der Waals surface area contributed by atoms with Gasteiger partial charge in [-0.2, -0.15) is 0 Å². The van der Waals surface area contributed by atoms with Crippen LogP contribution in [0.4, 0.5) is 0 Å². The third-order valence-corrected chi connectivity index (χ3v) is 3.57. The molecule has 4 atom stereocenters. The van der Waals surface area contributed by atoms with Gasteiger partial charge in [-0.05, 0) is 31.1 Å². The molecule has 4 unspecified atom stereocenters. The van der Waals surface area contributed by atoms with E-state index in [9.17, 15) is 4.79 Å². The molecule has 0 bridgehead atoms. The lowest BCUT2D eigenvalue weighted by atomic mass is 9.97. The molecule has 0 aliphatic heterocycles. The minimum atomic E-state index is -0.335. The molecule has 0 aromatic rings. The molecule has 1 aliphatic rings. The molecule has 1 fully saturated rings. The Balaban J connectivity index is 2.41. The van der Waals surface area contributed by atoms with Crippen LogP contribution < -0.4 is 11.1 Å². The van der Waals surface area contributed by atoms with Crippen LogP contribution in [0.2, 0.25) is 0 Å². The van der Waals surface area contributed by atoms with Crippen molar-refractivity contribution in [3.05, 3.63) is 0 Å². The zero-order chi connectivity index (χ0) is 10.7. The lowest BCUT2D eigenvalue weighted by Crippen LogP contribution is -2.46. The minimum absolute atomic E-state index is 0.0125. The van der Waals surface area contributed by atoms with Gasteiger partial charge in [0.05, 0.1) is 6.04 Å². The minimum Gasteiger partial charge on any atom is -0.352 e. The monoisotopic (exact) mass is 198 g/mol. The van der Waals surface area contributed by atoms with Crippen LogP contribution in [0.1, 0.15) is 40.0 Å². The summed E-state index contributed by atoms with van der Waals surface area (Å²) in [5, 5.41) is 3.05. The van der Waals surface area contributed by atoms with E-state index >= 15 is 0 Å². The SMILES string of the molecule is CCC(N)C(=O)NC1CCC(C)C1C. The molecule has 0 aromatic carbocycles. The number of hydrogen-bond acceptors (Lipinski definition) is 2. The van der Waals surface area contributed by atoms with Crippen LogP contribution in [0.15, 0.2) is 0 Å². The fraction of sp³-hybridized carbons (Fsp3) is 0.909. The number of nitrogens with two attached hydrogens (primary N) is 1. The van der Waals surface area contributed by atoms with E-state index in [2.05, 4.69) is 19.2 Å². The molecular formula is C11H22N2O. The van der Waals surface area contributed by atoms with Crippen molar-refractivity contribution in [2.75, 3.05) is 0 Å². The quantitative estimate of drug-likeness (QED) is 0.717. The molecule has 0 spiro atoms. The number of carbonyl (C=O) groups excluding carboxylic acids is 1. The van der Waals surface area contributed by atoms with Gasteiger partial charge < -0.3 is 11.1 Å². The van der Waals surface area contributed by atoms with Crippen LogP contribution in [-0.2, 0) is 4.79 Å². The maximum atomic E-state index is 11.5. The summed E-state index contributed by atoms with van der Waals surface area (Å²) in [4.78, 5) is 11.5. The maximum absolute atomic E-state index is 11.5. The second-order valence-electron chi connectivity index (χ2n) is 4.54. The molecule has 3 nitrogen and oxygen atoms in total. The molecule has 1 aliphatic carbocycles. The molecule has 0 saturated heterocycles. The maximum Gasteiger partial charge on any atom is 0.237 e. The number of nitrogens with one attached hydrogen (secondary N) is 1. The smallest absolute Gasteiger partial charge is 0.237 e. The molecule has 0 aromatic heterocycles. The molecule has 82 valence electrons. The average Bonchev–Trinajstić information content (AvgIpc) is 2.48. The second-order valence-corrected chi connectivity index (χ2v) is 4.54. The van der Waals surface area contributed by atoms with Crippen molar-refractivity contribution in [2.45, 2.75) is 52.1 Å². The Bertz CT molecular complexity index is 205. The molecule has 14 heavy (non-hydrogen) atoms. The molecule has 3 heteroatoms. The van der Waals surface area contributed by atoms with Crippen molar-refractivity contribution in [3.8, 4) is 0 Å². The Morgan fingerprint density at radius 3 is 2.57 bits per heavy atom. The van der Waals surface area contributed by atoms with Gasteiger partial charge in [-0.15, -0.1) is 0 Å². The lowest BCUT2D eigenvalue weighted by molar-refractivity contribution is -0.123. The Morgan fingerprint density at radius 2 is 2.14 bits per heavy atom. The molecule has 0 radical (unpaired) electrons. The topological polar surface area (TPSA) is 55.1 Å². The first-order chi connectivity index (χ1) is 6.56. The van der Waals surface area contributed by atoms with E-state index in [1.54, 1.807) is 0 Å². The third-order valence-electron chi connectivity index (χ3n) is 3.57. The standard InChI is InChI=1S/C11H22N2O/c1-4-9(12)11(14)13-10-6-5-7(2)8(10)3/h7-10H,4-6,12H2,1-3H3,(H,13,14). The van der Waals surface area contributed by atoms with E-state index in [-0.39, 0.29) is 11.9 Å². The van der Waals surface area contributed by atoms with Crippen LogP contribution in [0.5, 0.6) is 0 Å². The highest BCUT2D eigenvalue weighted by Gasteiger charge is 2.31. The van der Waals surface area contributed by atoms with Gasteiger partial charge in [0, 0.05) is 6.04 Å². The molecule has 1 amide bonds. The van der Waals surface area contributed by atoms with E-state index in [1.807, 2.05) is 6.92 Å². The first-order valence-corrected chi connectivity index (χ1v) is 5.62. The molecule has 0 heterocycles. The predicted molar refractivity (Wildman–Crippen MR) is 57.8 cm³/mol. The molecule has 3 N–H and O–H groups in total. The summed E-state index contributed by atoms with van der Waals surface area (Å²) in [6.07, 6.45) is 3.03. The van der Waals surface area contributed by atoms with Gasteiger partial charge in [0.25, 0.3) is 0 Å². The van der Waals surface area contributed by atoms with Gasteiger partial charge in [-0.25, -0.2) is 0 Å². The van der Waals surface area contributed by atoms with Crippen LogP contribution in [0.3, 0.4) is 0 Å². The Hall–Kier alpha value is -0.570. The molecule has 1 rings (SSSR count). The predicted octanol–water partition coefficient (Wildman–Crippen LogP) is 1.27. The Labute approximate surface area is 86.4 Å². The summed E-state index contributed by atoms with van der Waals surface area (Å²) >= 11 is 0. The normalized spacial score (nSPS) is 34.1. The van der Waals surface area contributed by atoms with E-state index < -0.39 is 0 Å². The van der Waals surface area contributed by atoms with Crippen LogP contribution in [0, 0.1) is 11.8 Å². The zero-order valence-corrected chi connectivity index (χ0v) is 9.42. The summed E-state index contributed by atoms with van der Waals surface area (Å²) < 4.78 is 0. The summed E-state index contributed by atoms with van der Waals surface area (Å²) in [7, 11) is 0. The second kappa shape index (κ2) is 4.78. The molecular weight excluding hydrogens is 176 g/mol. The Morgan fingerprint density at radius 1 is 1.50 bits per heavy atom. The van der Waals surface area contributed by atoms with Gasteiger partial charge in [0.15, 0.2) is 0 Å². The highest BCUT2D eigenvalue weighted by Crippen LogP contribution is 2.30. The number of rotatable bonds is 3. The summed E-state index contributed by atoms with van der Waals surface area (Å²) in [5.74, 6) is 1.32. The van der Waals surface area contributed by atoms with E-state index in [1.165, 1.54) is 6.42 Å². The van der Waals surface area contributed by atoms with E-state index in [4.69, 9.17) is 5.73 Å². The van der Waals surface area contributed by atoms with Gasteiger partial charge >= 0.3 is 0 Å². The lowest BCUT2D eigenvalue weighted by Gasteiger charge is -2.21. The highest BCUT2D eigenvalue weighted by atomic mass is 16.2. The van der Waals surface area contributed by atoms with Gasteiger partial charge in [-0.1, -0.05) is 20.8 Å². The Kier molecular flexibility index (Phi) is 3.93. The average molecular weight is 198 g/mol.